The van der Waals surface area contributed by atoms with E-state index in [1.165, 1.54) is 6.07 Å². The van der Waals surface area contributed by atoms with Gasteiger partial charge in [0.2, 0.25) is 0 Å². The Kier molecular flexibility index (Phi) is 5.31. The molecule has 1 saturated heterocycles. The second-order valence-electron chi connectivity index (χ2n) is 6.07. The number of carbonyl (C=O) groups is 1. The van der Waals surface area contributed by atoms with Crippen LogP contribution in [0, 0.1) is 11.7 Å². The molecule has 116 valence electrons. The van der Waals surface area contributed by atoms with Crippen molar-refractivity contribution in [2.45, 2.75) is 12.8 Å². The lowest BCUT2D eigenvalue weighted by Gasteiger charge is -2.32. The summed E-state index contributed by atoms with van der Waals surface area (Å²) < 4.78 is 13.2. The van der Waals surface area contributed by atoms with Crippen molar-refractivity contribution >= 4 is 5.78 Å². The van der Waals surface area contributed by atoms with Crippen molar-refractivity contribution in [3.63, 3.8) is 0 Å². The maximum atomic E-state index is 13.2. The van der Waals surface area contributed by atoms with Gasteiger partial charge in [0.25, 0.3) is 0 Å². The molecule has 21 heavy (non-hydrogen) atoms. The summed E-state index contributed by atoms with van der Waals surface area (Å²) in [4.78, 5) is 16.4. The minimum atomic E-state index is -0.499. The highest BCUT2D eigenvalue weighted by atomic mass is 19.1. The van der Waals surface area contributed by atoms with E-state index in [1.807, 2.05) is 0 Å². The van der Waals surface area contributed by atoms with E-state index in [0.29, 0.717) is 5.92 Å². The molecule has 1 aliphatic rings. The number of aromatic hydroxyl groups is 1. The van der Waals surface area contributed by atoms with Crippen molar-refractivity contribution in [2.75, 3.05) is 40.3 Å². The third-order valence-electron chi connectivity index (χ3n) is 3.96. The summed E-state index contributed by atoms with van der Waals surface area (Å²) in [6.07, 6.45) is 2.14. The lowest BCUT2D eigenvalue weighted by molar-refractivity contribution is 0.0883. The van der Waals surface area contributed by atoms with E-state index in [0.717, 1.165) is 44.6 Å². The number of ketones is 1. The highest BCUT2D eigenvalue weighted by molar-refractivity contribution is 6.00. The number of rotatable bonds is 5. The Balaban J connectivity index is 1.88. The molecule has 4 nitrogen and oxygen atoms in total. The Morgan fingerprint density at radius 2 is 2.05 bits per heavy atom. The van der Waals surface area contributed by atoms with Gasteiger partial charge in [0.05, 0.1) is 12.1 Å². The number of benzene rings is 1. The summed E-state index contributed by atoms with van der Waals surface area (Å²) in [5.74, 6) is -0.197. The van der Waals surface area contributed by atoms with Gasteiger partial charge in [-0.3, -0.25) is 9.69 Å². The summed E-state index contributed by atoms with van der Waals surface area (Å²) in [6, 6.07) is 3.49. The minimum Gasteiger partial charge on any atom is -0.507 e. The molecule has 0 aromatic heterocycles. The molecule has 0 saturated carbocycles. The van der Waals surface area contributed by atoms with E-state index in [4.69, 9.17) is 0 Å². The van der Waals surface area contributed by atoms with Crippen LogP contribution in [0.25, 0.3) is 0 Å². The molecule has 0 unspecified atom stereocenters. The first-order chi connectivity index (χ1) is 9.95. The molecule has 1 aromatic rings. The SMILES string of the molecule is CN(C)CC1CCN(CC(=O)c2cc(F)ccc2O)CC1. The number of phenols is 1. The van der Waals surface area contributed by atoms with Crippen molar-refractivity contribution in [3.8, 4) is 5.75 Å². The number of hydrogen-bond acceptors (Lipinski definition) is 4. The fourth-order valence-electron chi connectivity index (χ4n) is 2.86. The van der Waals surface area contributed by atoms with Crippen molar-refractivity contribution in [3.05, 3.63) is 29.6 Å². The fraction of sp³-hybridized carbons (Fsp3) is 0.562. The number of hydrogen-bond donors (Lipinski definition) is 1. The number of likely N-dealkylation sites (tertiary alicyclic amines) is 1. The molecule has 0 aliphatic carbocycles. The van der Waals surface area contributed by atoms with Crippen LogP contribution >= 0.6 is 0 Å². The predicted molar refractivity (Wildman–Crippen MR) is 80.1 cm³/mol. The first-order valence-corrected chi connectivity index (χ1v) is 7.34. The van der Waals surface area contributed by atoms with Crippen LogP contribution in [0.4, 0.5) is 4.39 Å². The molecule has 1 heterocycles. The third-order valence-corrected chi connectivity index (χ3v) is 3.96. The molecule has 0 spiro atoms. The van der Waals surface area contributed by atoms with E-state index in [2.05, 4.69) is 23.9 Å². The lowest BCUT2D eigenvalue weighted by Crippen LogP contribution is -2.39. The largest absolute Gasteiger partial charge is 0.507 e. The second-order valence-corrected chi connectivity index (χ2v) is 6.07. The third kappa shape index (κ3) is 4.51. The Bertz CT molecular complexity index is 497. The van der Waals surface area contributed by atoms with E-state index >= 15 is 0 Å². The predicted octanol–water partition coefficient (Wildman–Crippen LogP) is 1.99. The van der Waals surface area contributed by atoms with Crippen LogP contribution in [-0.4, -0.2) is 61.0 Å². The van der Waals surface area contributed by atoms with Crippen LogP contribution in [0.1, 0.15) is 23.2 Å². The molecule has 1 N–H and O–H groups in total. The Hall–Kier alpha value is -1.46. The number of piperidine rings is 1. The summed E-state index contributed by atoms with van der Waals surface area (Å²) in [7, 11) is 4.14. The normalized spacial score (nSPS) is 17.3. The maximum absolute atomic E-state index is 13.2. The zero-order valence-electron chi connectivity index (χ0n) is 12.7. The van der Waals surface area contributed by atoms with Crippen LogP contribution in [0.3, 0.4) is 0 Å². The second kappa shape index (κ2) is 7.00. The van der Waals surface area contributed by atoms with E-state index in [-0.39, 0.29) is 23.6 Å². The number of nitrogens with zero attached hydrogens (tertiary/aromatic N) is 2. The molecule has 1 aromatic carbocycles. The maximum Gasteiger partial charge on any atom is 0.180 e. The standard InChI is InChI=1S/C16H23FN2O2/c1-18(2)10-12-5-7-19(8-6-12)11-16(21)14-9-13(17)3-4-15(14)20/h3-4,9,12,20H,5-8,10-11H2,1-2H3. The molecule has 0 bridgehead atoms. The topological polar surface area (TPSA) is 43.8 Å². The molecule has 0 amide bonds. The van der Waals surface area contributed by atoms with Gasteiger partial charge in [-0.25, -0.2) is 4.39 Å². The van der Waals surface area contributed by atoms with Crippen molar-refractivity contribution < 1.29 is 14.3 Å². The van der Waals surface area contributed by atoms with Crippen molar-refractivity contribution in [2.24, 2.45) is 5.92 Å². The molecule has 1 fully saturated rings. The monoisotopic (exact) mass is 294 g/mol. The first kappa shape index (κ1) is 15.9. The Morgan fingerprint density at radius 3 is 2.67 bits per heavy atom. The van der Waals surface area contributed by atoms with E-state index in [9.17, 15) is 14.3 Å². The minimum absolute atomic E-state index is 0.0745. The molecule has 5 heteroatoms. The van der Waals surface area contributed by atoms with Gasteiger partial charge in [-0.1, -0.05) is 0 Å². The van der Waals surface area contributed by atoms with Crippen LogP contribution < -0.4 is 0 Å². The summed E-state index contributed by atoms with van der Waals surface area (Å²) >= 11 is 0. The van der Waals surface area contributed by atoms with Gasteiger partial charge in [-0.15, -0.1) is 0 Å². The summed E-state index contributed by atoms with van der Waals surface area (Å²) in [6.45, 7) is 3.07. The van der Waals surface area contributed by atoms with Gasteiger partial charge < -0.3 is 10.0 Å². The smallest absolute Gasteiger partial charge is 0.180 e. The Labute approximate surface area is 125 Å². The summed E-state index contributed by atoms with van der Waals surface area (Å²) in [5, 5.41) is 9.66. The molecule has 2 rings (SSSR count). The van der Waals surface area contributed by atoms with Gasteiger partial charge in [-0.2, -0.15) is 0 Å². The van der Waals surface area contributed by atoms with E-state index < -0.39 is 5.82 Å². The van der Waals surface area contributed by atoms with Crippen LogP contribution in [0.5, 0.6) is 5.75 Å². The molecular formula is C16H23FN2O2. The van der Waals surface area contributed by atoms with Crippen molar-refractivity contribution in [1.29, 1.82) is 0 Å². The quantitative estimate of drug-likeness (QED) is 0.844. The van der Waals surface area contributed by atoms with Crippen LogP contribution in [-0.2, 0) is 0 Å². The molecule has 0 radical (unpaired) electrons. The fourth-order valence-corrected chi connectivity index (χ4v) is 2.86. The van der Waals surface area contributed by atoms with Gasteiger partial charge in [0.1, 0.15) is 11.6 Å². The van der Waals surface area contributed by atoms with Crippen LogP contribution in [0.2, 0.25) is 0 Å². The highest BCUT2D eigenvalue weighted by Gasteiger charge is 2.22. The molecular weight excluding hydrogens is 271 g/mol. The van der Waals surface area contributed by atoms with Gasteiger partial charge in [-0.05, 0) is 64.1 Å². The van der Waals surface area contributed by atoms with Gasteiger partial charge >= 0.3 is 0 Å². The number of halogens is 1. The average Bonchev–Trinajstić information content (AvgIpc) is 2.43. The number of Topliss-reactive ketones (excluding diaryl/α,β-unsaturated/α-hetero) is 1. The zero-order chi connectivity index (χ0) is 15.4. The molecule has 1 aliphatic heterocycles. The summed E-state index contributed by atoms with van der Waals surface area (Å²) in [5.41, 5.74) is 0.0745. The number of phenolic OH excluding ortho intramolecular Hbond substituents is 1. The lowest BCUT2D eigenvalue weighted by atomic mass is 9.96. The average molecular weight is 294 g/mol. The highest BCUT2D eigenvalue weighted by Crippen LogP contribution is 2.21. The zero-order valence-corrected chi connectivity index (χ0v) is 12.7. The Morgan fingerprint density at radius 1 is 1.38 bits per heavy atom. The van der Waals surface area contributed by atoms with Crippen LogP contribution in [0.15, 0.2) is 18.2 Å². The van der Waals surface area contributed by atoms with Gasteiger partial charge in [0, 0.05) is 6.54 Å². The number of carbonyl (C=O) groups excluding carboxylic acids is 1. The molecule has 0 atom stereocenters. The van der Waals surface area contributed by atoms with E-state index in [1.54, 1.807) is 0 Å². The van der Waals surface area contributed by atoms with Crippen molar-refractivity contribution in [1.82, 2.24) is 9.80 Å². The first-order valence-electron chi connectivity index (χ1n) is 7.34. The van der Waals surface area contributed by atoms with Gasteiger partial charge in [0.15, 0.2) is 5.78 Å².